The van der Waals surface area contributed by atoms with Crippen molar-refractivity contribution in [2.45, 2.75) is 20.3 Å². The molecule has 0 aromatic heterocycles. The fourth-order valence-electron chi connectivity index (χ4n) is 4.74. The van der Waals surface area contributed by atoms with Gasteiger partial charge in [-0.1, -0.05) is 36.4 Å². The average molecular weight is 457 g/mol. The van der Waals surface area contributed by atoms with Gasteiger partial charge in [0.15, 0.2) is 0 Å². The van der Waals surface area contributed by atoms with Gasteiger partial charge in [-0.3, -0.25) is 14.5 Å². The van der Waals surface area contributed by atoms with E-state index in [1.165, 1.54) is 17.0 Å². The smallest absolute Gasteiger partial charge is 0.278 e. The molecule has 0 unspecified atom stereocenters. The minimum atomic E-state index is -0.395. The van der Waals surface area contributed by atoms with Crippen LogP contribution in [0.25, 0.3) is 5.57 Å². The van der Waals surface area contributed by atoms with Crippen molar-refractivity contribution in [3.05, 3.63) is 100 Å². The van der Waals surface area contributed by atoms with Crippen LogP contribution in [0.5, 0.6) is 5.75 Å². The number of carbonyl (C=O) groups excluding carboxylic acids is 2. The second-order valence-corrected chi connectivity index (χ2v) is 8.69. The number of hydrogen-bond acceptors (Lipinski definition) is 4. The van der Waals surface area contributed by atoms with Crippen LogP contribution < -0.4 is 9.64 Å². The van der Waals surface area contributed by atoms with E-state index < -0.39 is 5.82 Å². The zero-order valence-corrected chi connectivity index (χ0v) is 19.2. The molecule has 0 radical (unpaired) electrons. The number of ether oxygens (including phenoxy) is 1. The first-order valence-corrected chi connectivity index (χ1v) is 11.4. The minimum absolute atomic E-state index is 0.119. The molecule has 34 heavy (non-hydrogen) atoms. The van der Waals surface area contributed by atoms with Crippen molar-refractivity contribution in [2.24, 2.45) is 0 Å². The first kappa shape index (κ1) is 21.9. The first-order chi connectivity index (χ1) is 16.4. The summed E-state index contributed by atoms with van der Waals surface area (Å²) in [6.07, 6.45) is 0.785. The topological polar surface area (TPSA) is 49.9 Å². The van der Waals surface area contributed by atoms with Gasteiger partial charge in [0.2, 0.25) is 0 Å². The number of halogens is 1. The summed E-state index contributed by atoms with van der Waals surface area (Å²) >= 11 is 0. The third-order valence-electron chi connectivity index (χ3n) is 6.21. The van der Waals surface area contributed by atoms with Gasteiger partial charge in [0.25, 0.3) is 11.8 Å². The predicted molar refractivity (Wildman–Crippen MR) is 129 cm³/mol. The lowest BCUT2D eigenvalue weighted by molar-refractivity contribution is -0.137. The number of anilines is 1. The van der Waals surface area contributed by atoms with Gasteiger partial charge in [0, 0.05) is 12.2 Å². The van der Waals surface area contributed by atoms with E-state index in [-0.39, 0.29) is 25.0 Å². The van der Waals surface area contributed by atoms with Gasteiger partial charge >= 0.3 is 0 Å². The first-order valence-electron chi connectivity index (χ1n) is 11.4. The number of rotatable bonds is 6. The Morgan fingerprint density at radius 2 is 1.62 bits per heavy atom. The number of amides is 2. The van der Waals surface area contributed by atoms with Crippen LogP contribution in [0, 0.1) is 19.7 Å². The summed E-state index contributed by atoms with van der Waals surface area (Å²) in [6.45, 7) is 4.89. The molecule has 172 valence electrons. The maximum absolute atomic E-state index is 13.6. The van der Waals surface area contributed by atoms with Gasteiger partial charge in [0.1, 0.15) is 23.9 Å². The van der Waals surface area contributed by atoms with Crippen LogP contribution in [0.4, 0.5) is 10.1 Å². The third-order valence-corrected chi connectivity index (χ3v) is 6.21. The lowest BCUT2D eigenvalue weighted by Gasteiger charge is -2.22. The monoisotopic (exact) mass is 456 g/mol. The molecule has 3 aromatic carbocycles. The summed E-state index contributed by atoms with van der Waals surface area (Å²) in [7, 11) is 0. The Balaban J connectivity index is 1.45. The lowest BCUT2D eigenvalue weighted by atomic mass is 10.0. The van der Waals surface area contributed by atoms with Gasteiger partial charge in [-0.05, 0) is 72.9 Å². The number of aryl methyl sites for hydroxylation is 2. The van der Waals surface area contributed by atoms with Crippen LogP contribution in [0.15, 0.2) is 72.4 Å². The molecule has 3 aromatic rings. The van der Waals surface area contributed by atoms with Gasteiger partial charge in [0.05, 0.1) is 12.1 Å². The second kappa shape index (κ2) is 8.78. The van der Waals surface area contributed by atoms with Gasteiger partial charge < -0.3 is 9.64 Å². The highest BCUT2D eigenvalue weighted by atomic mass is 19.1. The largest absolute Gasteiger partial charge is 0.492 e. The van der Waals surface area contributed by atoms with Crippen LogP contribution in [0.1, 0.15) is 22.3 Å². The van der Waals surface area contributed by atoms with Crippen molar-refractivity contribution in [1.29, 1.82) is 0 Å². The van der Waals surface area contributed by atoms with Gasteiger partial charge in [-0.25, -0.2) is 4.39 Å². The predicted octanol–water partition coefficient (Wildman–Crippen LogP) is 4.66. The lowest BCUT2D eigenvalue weighted by Crippen LogP contribution is -2.37. The van der Waals surface area contributed by atoms with Crippen LogP contribution in [0.3, 0.4) is 0 Å². The summed E-state index contributed by atoms with van der Waals surface area (Å²) < 4.78 is 19.5. The van der Waals surface area contributed by atoms with Crippen LogP contribution >= 0.6 is 0 Å². The van der Waals surface area contributed by atoms with Crippen molar-refractivity contribution in [3.8, 4) is 5.75 Å². The quantitative estimate of drug-likeness (QED) is 0.506. The molecular weight excluding hydrogens is 431 g/mol. The minimum Gasteiger partial charge on any atom is -0.492 e. The normalized spacial score (nSPS) is 15.4. The average Bonchev–Trinajstić information content (AvgIpc) is 3.33. The van der Waals surface area contributed by atoms with E-state index in [1.807, 2.05) is 55.1 Å². The zero-order chi connectivity index (χ0) is 23.8. The molecule has 0 aliphatic carbocycles. The van der Waals surface area contributed by atoms with Gasteiger partial charge in [-0.15, -0.1) is 0 Å². The van der Waals surface area contributed by atoms with Crippen molar-refractivity contribution in [3.63, 3.8) is 0 Å². The number of para-hydroxylation sites is 1. The molecule has 2 heterocycles. The molecule has 0 fully saturated rings. The molecule has 2 aliphatic heterocycles. The summed E-state index contributed by atoms with van der Waals surface area (Å²) in [4.78, 5) is 30.2. The number of fused-ring (bicyclic) bond motifs is 1. The number of carbonyl (C=O) groups is 2. The van der Waals surface area contributed by atoms with Crippen LogP contribution in [-0.4, -0.2) is 36.4 Å². The fraction of sp³-hybridized carbons (Fsp3) is 0.214. The van der Waals surface area contributed by atoms with E-state index in [0.29, 0.717) is 29.1 Å². The zero-order valence-electron chi connectivity index (χ0n) is 19.2. The Hall–Kier alpha value is -3.93. The third kappa shape index (κ3) is 3.96. The van der Waals surface area contributed by atoms with Crippen molar-refractivity contribution in [1.82, 2.24) is 4.90 Å². The van der Waals surface area contributed by atoms with Crippen LogP contribution in [-0.2, 0) is 16.0 Å². The molecule has 0 atom stereocenters. The molecule has 0 spiro atoms. The standard InChI is InChI=1S/C28H25FN2O3/c1-18-15-19(2)17-23(16-18)34-14-13-31-27(32)25(21-7-9-22(29)10-8-21)26(28(31)33)30-12-11-20-5-3-4-6-24(20)30/h3-10,15-17H,11-14H2,1-2H3. The van der Waals surface area contributed by atoms with Crippen molar-refractivity contribution in [2.75, 3.05) is 24.6 Å². The van der Waals surface area contributed by atoms with E-state index in [9.17, 15) is 14.0 Å². The summed E-state index contributed by atoms with van der Waals surface area (Å²) in [5.41, 5.74) is 5.38. The fourth-order valence-corrected chi connectivity index (χ4v) is 4.74. The number of imide groups is 1. The van der Waals surface area contributed by atoms with Crippen molar-refractivity contribution >= 4 is 23.1 Å². The summed E-state index contributed by atoms with van der Waals surface area (Å²) in [5.74, 6) is -0.435. The Morgan fingerprint density at radius 3 is 2.35 bits per heavy atom. The highest BCUT2D eigenvalue weighted by molar-refractivity contribution is 6.36. The van der Waals surface area contributed by atoms with Crippen LogP contribution in [0.2, 0.25) is 0 Å². The second-order valence-electron chi connectivity index (χ2n) is 8.69. The highest BCUT2D eigenvalue weighted by Gasteiger charge is 2.43. The molecule has 2 aliphatic rings. The molecule has 0 bridgehead atoms. The highest BCUT2D eigenvalue weighted by Crippen LogP contribution is 2.38. The Kier molecular flexibility index (Phi) is 5.65. The molecule has 5 rings (SSSR count). The molecular formula is C28H25FN2O3. The molecule has 6 heteroatoms. The van der Waals surface area contributed by atoms with E-state index in [2.05, 4.69) is 6.07 Å². The van der Waals surface area contributed by atoms with E-state index in [1.54, 1.807) is 12.1 Å². The number of hydrogen-bond donors (Lipinski definition) is 0. The van der Waals surface area contributed by atoms with E-state index in [4.69, 9.17) is 4.74 Å². The Bertz CT molecular complexity index is 1290. The summed E-state index contributed by atoms with van der Waals surface area (Å²) in [6, 6.07) is 19.5. The maximum Gasteiger partial charge on any atom is 0.278 e. The molecule has 0 saturated heterocycles. The maximum atomic E-state index is 13.6. The Labute approximate surface area is 198 Å². The molecule has 0 saturated carbocycles. The number of benzene rings is 3. The summed E-state index contributed by atoms with van der Waals surface area (Å²) in [5, 5.41) is 0. The van der Waals surface area contributed by atoms with E-state index >= 15 is 0 Å². The van der Waals surface area contributed by atoms with E-state index in [0.717, 1.165) is 28.8 Å². The molecule has 0 N–H and O–H groups in total. The van der Waals surface area contributed by atoms with Crippen molar-refractivity contribution < 1.29 is 18.7 Å². The number of nitrogens with zero attached hydrogens (tertiary/aromatic N) is 2. The molecule has 2 amide bonds. The van der Waals surface area contributed by atoms with Gasteiger partial charge in [-0.2, -0.15) is 0 Å². The Morgan fingerprint density at radius 1 is 0.912 bits per heavy atom. The molecule has 5 nitrogen and oxygen atoms in total. The SMILES string of the molecule is Cc1cc(C)cc(OCCN2C(=O)C(c3ccc(F)cc3)=C(N3CCc4ccccc43)C2=O)c1.